The van der Waals surface area contributed by atoms with Gasteiger partial charge in [-0.3, -0.25) is 0 Å². The molecule has 3 unspecified atom stereocenters. The molecule has 0 aromatic rings. The van der Waals surface area contributed by atoms with Gasteiger partial charge in [0.1, 0.15) is 0 Å². The zero-order chi connectivity index (χ0) is 14.2. The van der Waals surface area contributed by atoms with E-state index in [4.69, 9.17) is 4.74 Å². The molecule has 0 bridgehead atoms. The Morgan fingerprint density at radius 2 is 2.10 bits per heavy atom. The van der Waals surface area contributed by atoms with E-state index in [-0.39, 0.29) is 0 Å². The normalized spacial score (nSPS) is 31.8. The van der Waals surface area contributed by atoms with Crippen LogP contribution in [-0.2, 0) is 4.74 Å². The zero-order valence-electron chi connectivity index (χ0n) is 13.6. The van der Waals surface area contributed by atoms with Crippen molar-refractivity contribution in [1.29, 1.82) is 0 Å². The second-order valence-corrected chi connectivity index (χ2v) is 6.80. The van der Waals surface area contributed by atoms with Gasteiger partial charge in [0.05, 0.1) is 6.61 Å². The van der Waals surface area contributed by atoms with Gasteiger partial charge in [0.2, 0.25) is 0 Å². The number of likely N-dealkylation sites (tertiary alicyclic amines) is 1. The standard InChI is InChI=1S/C17H34N2O/c1-3-10-18-17-8-4-7-16(17)9-12-19-11-5-6-15(13-19)14-20-2/h15-18H,3-14H2,1-2H3. The molecule has 0 aromatic carbocycles. The predicted molar refractivity (Wildman–Crippen MR) is 85.1 cm³/mol. The Hall–Kier alpha value is -0.120. The number of piperidine rings is 1. The lowest BCUT2D eigenvalue weighted by molar-refractivity contribution is 0.0871. The lowest BCUT2D eigenvalue weighted by Gasteiger charge is -2.33. The first-order valence-corrected chi connectivity index (χ1v) is 8.78. The predicted octanol–water partition coefficient (Wildman–Crippen LogP) is 2.90. The van der Waals surface area contributed by atoms with Crippen LogP contribution in [0.2, 0.25) is 0 Å². The summed E-state index contributed by atoms with van der Waals surface area (Å²) in [7, 11) is 1.83. The van der Waals surface area contributed by atoms with Crippen molar-refractivity contribution < 1.29 is 4.74 Å². The molecule has 1 aliphatic heterocycles. The number of methoxy groups -OCH3 is 1. The molecule has 0 aromatic heterocycles. The van der Waals surface area contributed by atoms with Gasteiger partial charge in [0.15, 0.2) is 0 Å². The van der Waals surface area contributed by atoms with Crippen LogP contribution in [0.4, 0.5) is 0 Å². The highest BCUT2D eigenvalue weighted by Gasteiger charge is 2.27. The van der Waals surface area contributed by atoms with E-state index < -0.39 is 0 Å². The van der Waals surface area contributed by atoms with E-state index in [1.807, 2.05) is 7.11 Å². The third kappa shape index (κ3) is 5.01. The van der Waals surface area contributed by atoms with Crippen molar-refractivity contribution in [3.05, 3.63) is 0 Å². The van der Waals surface area contributed by atoms with Gasteiger partial charge in [0.25, 0.3) is 0 Å². The quantitative estimate of drug-likeness (QED) is 0.741. The molecule has 3 heteroatoms. The van der Waals surface area contributed by atoms with Crippen LogP contribution >= 0.6 is 0 Å². The molecule has 118 valence electrons. The Labute approximate surface area is 125 Å². The average molecular weight is 282 g/mol. The zero-order valence-corrected chi connectivity index (χ0v) is 13.6. The van der Waals surface area contributed by atoms with Gasteiger partial charge in [-0.1, -0.05) is 13.3 Å². The van der Waals surface area contributed by atoms with E-state index in [9.17, 15) is 0 Å². The fourth-order valence-electron chi connectivity index (χ4n) is 4.06. The lowest BCUT2D eigenvalue weighted by atomic mass is 9.96. The van der Waals surface area contributed by atoms with E-state index in [1.54, 1.807) is 0 Å². The van der Waals surface area contributed by atoms with Gasteiger partial charge in [-0.2, -0.15) is 0 Å². The molecule has 0 spiro atoms. The fraction of sp³-hybridized carbons (Fsp3) is 1.00. The maximum Gasteiger partial charge on any atom is 0.0502 e. The van der Waals surface area contributed by atoms with Crippen molar-refractivity contribution in [1.82, 2.24) is 10.2 Å². The molecule has 2 aliphatic rings. The highest BCUT2D eigenvalue weighted by atomic mass is 16.5. The minimum atomic E-state index is 0.770. The third-order valence-corrected chi connectivity index (χ3v) is 5.14. The van der Waals surface area contributed by atoms with E-state index in [0.717, 1.165) is 24.5 Å². The molecule has 3 nitrogen and oxygen atoms in total. The number of rotatable bonds is 8. The van der Waals surface area contributed by atoms with Crippen LogP contribution in [0, 0.1) is 11.8 Å². The Bertz CT molecular complexity index is 257. The second-order valence-electron chi connectivity index (χ2n) is 6.80. The van der Waals surface area contributed by atoms with Crippen molar-refractivity contribution in [2.24, 2.45) is 11.8 Å². The van der Waals surface area contributed by atoms with Crippen molar-refractivity contribution in [2.75, 3.05) is 39.9 Å². The Morgan fingerprint density at radius 1 is 1.20 bits per heavy atom. The highest BCUT2D eigenvalue weighted by molar-refractivity contribution is 4.84. The van der Waals surface area contributed by atoms with Crippen molar-refractivity contribution in [2.45, 2.75) is 57.9 Å². The van der Waals surface area contributed by atoms with E-state index in [0.29, 0.717) is 0 Å². The molecule has 1 saturated carbocycles. The first-order valence-electron chi connectivity index (χ1n) is 8.78. The highest BCUT2D eigenvalue weighted by Crippen LogP contribution is 2.29. The van der Waals surface area contributed by atoms with Crippen LogP contribution in [0.3, 0.4) is 0 Å². The molecular weight excluding hydrogens is 248 g/mol. The molecule has 20 heavy (non-hydrogen) atoms. The molecule has 0 radical (unpaired) electrons. The SMILES string of the molecule is CCCNC1CCCC1CCN1CCCC(COC)C1. The number of hydrogen-bond acceptors (Lipinski definition) is 3. The Kier molecular flexibility index (Phi) is 7.32. The number of nitrogens with zero attached hydrogens (tertiary/aromatic N) is 1. The Morgan fingerprint density at radius 3 is 2.90 bits per heavy atom. The summed E-state index contributed by atoms with van der Waals surface area (Å²) in [4.78, 5) is 2.68. The molecule has 2 fully saturated rings. The summed E-state index contributed by atoms with van der Waals surface area (Å²) in [6, 6.07) is 0.800. The summed E-state index contributed by atoms with van der Waals surface area (Å²) in [5, 5.41) is 3.76. The molecule has 0 amide bonds. The monoisotopic (exact) mass is 282 g/mol. The molecule has 2 rings (SSSR count). The molecule has 1 aliphatic carbocycles. The number of ether oxygens (including phenoxy) is 1. The maximum atomic E-state index is 5.33. The first-order chi connectivity index (χ1) is 9.83. The summed E-state index contributed by atoms with van der Waals surface area (Å²) >= 11 is 0. The fourth-order valence-corrected chi connectivity index (χ4v) is 4.06. The summed E-state index contributed by atoms with van der Waals surface area (Å²) in [5.41, 5.74) is 0. The summed E-state index contributed by atoms with van der Waals surface area (Å²) < 4.78 is 5.33. The van der Waals surface area contributed by atoms with Crippen molar-refractivity contribution in [3.8, 4) is 0 Å². The van der Waals surface area contributed by atoms with Gasteiger partial charge in [-0.05, 0) is 70.0 Å². The largest absolute Gasteiger partial charge is 0.384 e. The number of nitrogens with one attached hydrogen (secondary N) is 1. The van der Waals surface area contributed by atoms with E-state index >= 15 is 0 Å². The van der Waals surface area contributed by atoms with Crippen LogP contribution in [0.25, 0.3) is 0 Å². The molecule has 3 atom stereocenters. The van der Waals surface area contributed by atoms with Crippen LogP contribution in [-0.4, -0.2) is 50.8 Å². The number of hydrogen-bond donors (Lipinski definition) is 1. The third-order valence-electron chi connectivity index (χ3n) is 5.14. The van der Waals surface area contributed by atoms with Gasteiger partial charge >= 0.3 is 0 Å². The summed E-state index contributed by atoms with van der Waals surface area (Å²) in [5.74, 6) is 1.69. The van der Waals surface area contributed by atoms with Gasteiger partial charge in [-0.25, -0.2) is 0 Å². The van der Waals surface area contributed by atoms with Crippen LogP contribution in [0.1, 0.15) is 51.9 Å². The van der Waals surface area contributed by atoms with Gasteiger partial charge < -0.3 is 15.0 Å². The van der Waals surface area contributed by atoms with Crippen LogP contribution in [0.15, 0.2) is 0 Å². The average Bonchev–Trinajstić information content (AvgIpc) is 2.91. The summed E-state index contributed by atoms with van der Waals surface area (Å²) in [6.45, 7) is 8.27. The lowest BCUT2D eigenvalue weighted by Crippen LogP contribution is -2.40. The van der Waals surface area contributed by atoms with Gasteiger partial charge in [-0.15, -0.1) is 0 Å². The molecule has 1 N–H and O–H groups in total. The topological polar surface area (TPSA) is 24.5 Å². The van der Waals surface area contributed by atoms with Crippen LogP contribution in [0.5, 0.6) is 0 Å². The first kappa shape index (κ1) is 16.3. The Balaban J connectivity index is 1.68. The second kappa shape index (κ2) is 9.01. The minimum Gasteiger partial charge on any atom is -0.384 e. The van der Waals surface area contributed by atoms with Crippen molar-refractivity contribution in [3.63, 3.8) is 0 Å². The summed E-state index contributed by atoms with van der Waals surface area (Å²) in [6.07, 6.45) is 9.63. The minimum absolute atomic E-state index is 0.770. The van der Waals surface area contributed by atoms with Gasteiger partial charge in [0, 0.05) is 19.7 Å². The van der Waals surface area contributed by atoms with Crippen LogP contribution < -0.4 is 5.32 Å². The molecule has 1 saturated heterocycles. The molecular formula is C17H34N2O. The maximum absolute atomic E-state index is 5.33. The van der Waals surface area contributed by atoms with E-state index in [1.165, 1.54) is 71.1 Å². The molecule has 1 heterocycles. The van der Waals surface area contributed by atoms with Crippen molar-refractivity contribution >= 4 is 0 Å². The van der Waals surface area contributed by atoms with E-state index in [2.05, 4.69) is 17.1 Å². The smallest absolute Gasteiger partial charge is 0.0502 e.